The molecule has 2 aromatic rings. The summed E-state index contributed by atoms with van der Waals surface area (Å²) in [6.45, 7) is 26.8. The molecule has 0 fully saturated rings. The fourth-order valence-electron chi connectivity index (χ4n) is 11.0. The lowest BCUT2D eigenvalue weighted by Gasteiger charge is -2.30. The molecule has 23 nitrogen and oxygen atoms in total. The van der Waals surface area contributed by atoms with Crippen LogP contribution in [0.5, 0.6) is 0 Å². The number of hydrogen-bond acceptors (Lipinski definition) is 14. The Kier molecular flexibility index (Phi) is 37.1. The number of primary amides is 1. The molecule has 2 aromatic carbocycles. The van der Waals surface area contributed by atoms with Gasteiger partial charge >= 0.3 is 0 Å². The van der Waals surface area contributed by atoms with Crippen LogP contribution in [0.1, 0.15) is 220 Å². The van der Waals surface area contributed by atoms with Crippen molar-refractivity contribution in [1.29, 1.82) is 0 Å². The zero-order valence-electron chi connectivity index (χ0n) is 58.0. The third-order valence-electron chi connectivity index (χ3n) is 15.9. The number of sulfonamides is 1. The average Bonchev–Trinajstić information content (AvgIpc) is 0.764. The van der Waals surface area contributed by atoms with Crippen molar-refractivity contribution in [2.24, 2.45) is 52.3 Å². The van der Waals surface area contributed by atoms with Crippen molar-refractivity contribution < 1.29 is 46.8 Å². The lowest BCUT2D eigenvalue weighted by Crippen LogP contribution is -2.60. The molecule has 0 heterocycles. The van der Waals surface area contributed by atoms with Crippen LogP contribution in [0.25, 0.3) is 0 Å². The summed E-state index contributed by atoms with van der Waals surface area (Å²) in [6.07, 6.45) is 4.06. The first-order chi connectivity index (χ1) is 43.2. The van der Waals surface area contributed by atoms with Gasteiger partial charge in [-0.25, -0.2) is 8.42 Å². The molecule has 2 rings (SSSR count). The first-order valence-electron chi connectivity index (χ1n) is 33.7. The van der Waals surface area contributed by atoms with E-state index >= 15 is 8.42 Å². The Labute approximate surface area is 550 Å². The standard InChI is InChI=1S/C68H119N13O10S/c1-41(2)32-56(62(73)83)77-67(88)58(34-43(5)6)79-65(86)55(28-20-23-31-71)75-64(85)54(27-19-22-30-70)76-66(87)57(33-42(3)4)80-68(89)59(35-44(7)8)78-63(84)53(26-18-21-29-69)74-60(82)40-81(39-50(72)36-48-24-16-15-17-25-48)92(90,91)61-51(46(11)12)37-49(45(9)10)38-52(61)47(13)14/h15-17,24-25,37-38,41-47,50,53-59H,18-23,26-36,39-40,69-72H2,1-14H3,(H2,73,83)(H,74,82)(H,75,85)(H,76,87)(H,77,88)(H,78,84)(H,79,86)(H,80,89)/t50-,53-,54-,55-,56-,57-,58-,59-/m0/s1. The smallest absolute Gasteiger partial charge is 0.244 e. The molecule has 0 spiro atoms. The number of benzene rings is 2. The van der Waals surface area contributed by atoms with Crippen molar-refractivity contribution >= 4 is 57.3 Å². The van der Waals surface area contributed by atoms with Gasteiger partial charge in [0.25, 0.3) is 0 Å². The van der Waals surface area contributed by atoms with Crippen LogP contribution in [0.3, 0.4) is 0 Å². The van der Waals surface area contributed by atoms with Gasteiger partial charge in [-0.1, -0.05) is 139 Å². The van der Waals surface area contributed by atoms with Gasteiger partial charge in [-0.3, -0.25) is 38.4 Å². The van der Waals surface area contributed by atoms with E-state index in [1.54, 1.807) is 0 Å². The van der Waals surface area contributed by atoms with Crippen LogP contribution in [-0.4, -0.2) is 141 Å². The van der Waals surface area contributed by atoms with E-state index in [-0.39, 0.29) is 104 Å². The molecule has 92 heavy (non-hydrogen) atoms. The Hall–Kier alpha value is -6.05. The van der Waals surface area contributed by atoms with Gasteiger partial charge in [0.1, 0.15) is 42.3 Å². The van der Waals surface area contributed by atoms with Crippen LogP contribution in [-0.2, 0) is 54.8 Å². The third-order valence-corrected chi connectivity index (χ3v) is 17.9. The number of amides is 8. The Morgan fingerprint density at radius 1 is 0.446 bits per heavy atom. The third kappa shape index (κ3) is 29.1. The summed E-state index contributed by atoms with van der Waals surface area (Å²) in [6, 6.07) is 4.33. The van der Waals surface area contributed by atoms with Crippen molar-refractivity contribution in [3.63, 3.8) is 0 Å². The van der Waals surface area contributed by atoms with E-state index in [1.165, 1.54) is 0 Å². The number of unbranched alkanes of at least 4 members (excludes halogenated alkanes) is 3. The van der Waals surface area contributed by atoms with E-state index < -0.39 is 112 Å². The molecule has 0 aliphatic rings. The highest BCUT2D eigenvalue weighted by Crippen LogP contribution is 2.37. The number of nitrogens with two attached hydrogens (primary N) is 5. The topological polar surface area (TPSA) is 388 Å². The van der Waals surface area contributed by atoms with Gasteiger partial charge in [-0.2, -0.15) is 4.31 Å². The van der Waals surface area contributed by atoms with E-state index in [1.807, 2.05) is 126 Å². The number of nitrogens with one attached hydrogen (secondary N) is 7. The lowest BCUT2D eigenvalue weighted by molar-refractivity contribution is -0.136. The van der Waals surface area contributed by atoms with E-state index in [0.29, 0.717) is 69.2 Å². The van der Waals surface area contributed by atoms with Gasteiger partial charge in [0.2, 0.25) is 57.3 Å². The van der Waals surface area contributed by atoms with Crippen LogP contribution < -0.4 is 65.9 Å². The van der Waals surface area contributed by atoms with Crippen LogP contribution >= 0.6 is 0 Å². The van der Waals surface area contributed by atoms with Crippen molar-refractivity contribution in [2.75, 3.05) is 32.7 Å². The first kappa shape index (κ1) is 82.0. The van der Waals surface area contributed by atoms with Crippen molar-refractivity contribution in [3.8, 4) is 0 Å². The molecule has 0 saturated carbocycles. The Balaban J connectivity index is 2.59. The largest absolute Gasteiger partial charge is 0.368 e. The van der Waals surface area contributed by atoms with Gasteiger partial charge in [0.05, 0.1) is 11.4 Å². The minimum Gasteiger partial charge on any atom is -0.368 e. The van der Waals surface area contributed by atoms with E-state index in [9.17, 15) is 38.4 Å². The molecular formula is C68H119N13O10S. The summed E-state index contributed by atoms with van der Waals surface area (Å²) in [5.74, 6) is -6.29. The zero-order chi connectivity index (χ0) is 69.6. The molecule has 0 aromatic heterocycles. The van der Waals surface area contributed by atoms with Crippen molar-refractivity contribution in [2.45, 2.75) is 258 Å². The summed E-state index contributed by atoms with van der Waals surface area (Å²) < 4.78 is 31.9. The van der Waals surface area contributed by atoms with Gasteiger partial charge in [0.15, 0.2) is 0 Å². The minimum atomic E-state index is -4.46. The highest BCUT2D eigenvalue weighted by Gasteiger charge is 2.38. The first-order valence-corrected chi connectivity index (χ1v) is 35.1. The number of carbonyl (C=O) groups is 8. The molecule has 0 saturated heterocycles. The monoisotopic (exact) mass is 1310 g/mol. The van der Waals surface area contributed by atoms with Gasteiger partial charge in [0, 0.05) is 12.6 Å². The molecule has 8 amide bonds. The summed E-state index contributed by atoms with van der Waals surface area (Å²) in [5, 5.41) is 19.7. The normalized spacial score (nSPS) is 14.6. The highest BCUT2D eigenvalue weighted by atomic mass is 32.2. The summed E-state index contributed by atoms with van der Waals surface area (Å²) in [7, 11) is -4.46. The number of rotatable bonds is 45. The fraction of sp³-hybridized carbons (Fsp3) is 0.706. The van der Waals surface area contributed by atoms with Crippen LogP contribution in [0.2, 0.25) is 0 Å². The Morgan fingerprint density at radius 2 is 0.772 bits per heavy atom. The number of carbonyl (C=O) groups excluding carboxylic acids is 8. The van der Waals surface area contributed by atoms with Crippen molar-refractivity contribution in [3.05, 3.63) is 64.7 Å². The lowest BCUT2D eigenvalue weighted by atomic mass is 9.89. The highest BCUT2D eigenvalue weighted by molar-refractivity contribution is 7.89. The van der Waals surface area contributed by atoms with Gasteiger partial charge in [-0.15, -0.1) is 0 Å². The predicted molar refractivity (Wildman–Crippen MR) is 365 cm³/mol. The second kappa shape index (κ2) is 41.6. The van der Waals surface area contributed by atoms with Gasteiger partial charge < -0.3 is 65.9 Å². The molecule has 24 heteroatoms. The van der Waals surface area contributed by atoms with Crippen LogP contribution in [0.15, 0.2) is 47.4 Å². The van der Waals surface area contributed by atoms with E-state index in [4.69, 9.17) is 28.7 Å². The molecule has 8 atom stereocenters. The Morgan fingerprint density at radius 3 is 1.10 bits per heavy atom. The molecular weight excluding hydrogens is 1190 g/mol. The molecule has 0 aliphatic heterocycles. The zero-order valence-corrected chi connectivity index (χ0v) is 58.8. The minimum absolute atomic E-state index is 0.0249. The maximum absolute atomic E-state index is 15.4. The Bertz CT molecular complexity index is 2720. The molecule has 522 valence electrons. The molecule has 0 aliphatic carbocycles. The van der Waals surface area contributed by atoms with E-state index in [0.717, 1.165) is 15.4 Å². The second-order valence-electron chi connectivity index (χ2n) is 27.5. The maximum atomic E-state index is 15.4. The van der Waals surface area contributed by atoms with Crippen molar-refractivity contribution in [1.82, 2.24) is 41.5 Å². The molecule has 0 radical (unpaired) electrons. The van der Waals surface area contributed by atoms with Crippen LogP contribution in [0.4, 0.5) is 0 Å². The van der Waals surface area contributed by atoms with Gasteiger partial charge in [-0.05, 0) is 173 Å². The average molecular weight is 1310 g/mol. The van der Waals surface area contributed by atoms with Crippen LogP contribution in [0, 0.1) is 23.7 Å². The predicted octanol–water partition coefficient (Wildman–Crippen LogP) is 5.07. The summed E-state index contributed by atoms with van der Waals surface area (Å²) >= 11 is 0. The summed E-state index contributed by atoms with van der Waals surface area (Å²) in [5.41, 5.74) is 33.1. The maximum Gasteiger partial charge on any atom is 0.244 e. The SMILES string of the molecule is CC(C)C[C@H](NC(=O)[C@H](CC(C)C)NC(=O)[C@H](CCCCN)NC(=O)[C@H](CCCCN)NC(=O)[C@H](CC(C)C)NC(=O)[C@H](CC(C)C)NC(=O)[C@H](CCCCN)NC(=O)CN(C[C@@H](N)Cc1ccccc1)S(=O)(=O)c1c(C(C)C)cc(C(C)C)cc1C(C)C)C(N)=O. The number of nitrogens with zero attached hydrogens (tertiary/aromatic N) is 1. The molecule has 0 bridgehead atoms. The second-order valence-corrected chi connectivity index (χ2v) is 29.4. The molecule has 17 N–H and O–H groups in total. The molecule has 0 unspecified atom stereocenters. The van der Waals surface area contributed by atoms with E-state index in [2.05, 4.69) is 51.1 Å². The quantitative estimate of drug-likeness (QED) is 0.0386. The fourth-order valence-corrected chi connectivity index (χ4v) is 13.1. The number of hydrogen-bond donors (Lipinski definition) is 12. The summed E-state index contributed by atoms with van der Waals surface area (Å²) in [4.78, 5) is 113.